The van der Waals surface area contributed by atoms with Gasteiger partial charge in [0.25, 0.3) is 5.78 Å². The lowest BCUT2D eigenvalue weighted by atomic mass is 10.0. The van der Waals surface area contributed by atoms with Crippen molar-refractivity contribution in [1.29, 1.82) is 0 Å². The number of rotatable bonds is 3. The van der Waals surface area contributed by atoms with Crippen molar-refractivity contribution in [3.05, 3.63) is 86.7 Å². The number of pyridine rings is 1. The first-order valence-corrected chi connectivity index (χ1v) is 10.3. The molecule has 1 aliphatic rings. The van der Waals surface area contributed by atoms with Crippen LogP contribution in [-0.4, -0.2) is 30.7 Å². The van der Waals surface area contributed by atoms with Gasteiger partial charge in [-0.25, -0.2) is 22.7 Å². The van der Waals surface area contributed by atoms with Crippen molar-refractivity contribution in [3.8, 4) is 0 Å². The molecule has 0 spiro atoms. The fraction of sp³-hybridized carbons (Fsp3) is 0.273. The van der Waals surface area contributed by atoms with E-state index in [9.17, 15) is 26.7 Å². The van der Waals surface area contributed by atoms with E-state index in [-0.39, 0.29) is 24.4 Å². The lowest BCUT2D eigenvalue weighted by Crippen LogP contribution is -2.33. The van der Waals surface area contributed by atoms with Crippen LogP contribution in [-0.2, 0) is 25.7 Å². The van der Waals surface area contributed by atoms with E-state index in [2.05, 4.69) is 15.1 Å². The number of hydrogen-bond acceptors (Lipinski definition) is 5. The largest absolute Gasteiger partial charge is 0.417 e. The molecule has 34 heavy (non-hydrogen) atoms. The molecular weight excluding hydrogens is 459 g/mol. The molecule has 0 saturated heterocycles. The second kappa shape index (κ2) is 7.89. The van der Waals surface area contributed by atoms with E-state index in [1.165, 1.54) is 10.6 Å². The molecule has 0 atom stereocenters. The van der Waals surface area contributed by atoms with E-state index in [0.29, 0.717) is 35.6 Å². The molecule has 4 heterocycles. The summed E-state index contributed by atoms with van der Waals surface area (Å²) < 4.78 is 68.6. The molecule has 3 aromatic heterocycles. The van der Waals surface area contributed by atoms with Gasteiger partial charge in [0.05, 0.1) is 12.1 Å². The number of alkyl halides is 3. The molecule has 0 saturated carbocycles. The van der Waals surface area contributed by atoms with E-state index >= 15 is 0 Å². The van der Waals surface area contributed by atoms with Crippen LogP contribution in [0.1, 0.15) is 27.9 Å². The van der Waals surface area contributed by atoms with E-state index in [0.717, 1.165) is 35.1 Å². The van der Waals surface area contributed by atoms with Gasteiger partial charge in [0.1, 0.15) is 17.5 Å². The molecule has 0 amide bonds. The van der Waals surface area contributed by atoms with Gasteiger partial charge in [-0.15, -0.1) is 5.10 Å². The van der Waals surface area contributed by atoms with E-state index in [4.69, 9.17) is 0 Å². The minimum absolute atomic E-state index is 0.0652. The smallest absolute Gasteiger partial charge is 0.351 e. The molecule has 0 radical (unpaired) electrons. The summed E-state index contributed by atoms with van der Waals surface area (Å²) >= 11 is 0. The van der Waals surface area contributed by atoms with Crippen molar-refractivity contribution in [2.75, 3.05) is 11.4 Å². The summed E-state index contributed by atoms with van der Waals surface area (Å²) in [5.74, 6) is -0.992. The van der Waals surface area contributed by atoms with Gasteiger partial charge in [0.15, 0.2) is 0 Å². The van der Waals surface area contributed by atoms with Crippen LogP contribution in [0.4, 0.5) is 27.8 Å². The Kier molecular flexibility index (Phi) is 5.10. The Hall–Kier alpha value is -3.83. The molecule has 1 aliphatic heterocycles. The third kappa shape index (κ3) is 3.99. The molecule has 0 aliphatic carbocycles. The quantitative estimate of drug-likeness (QED) is 0.424. The second-order valence-corrected chi connectivity index (χ2v) is 8.13. The highest BCUT2D eigenvalue weighted by molar-refractivity contribution is 5.52. The van der Waals surface area contributed by atoms with Crippen LogP contribution in [0.3, 0.4) is 0 Å². The van der Waals surface area contributed by atoms with Gasteiger partial charge in [-0.05, 0) is 36.2 Å². The molecule has 0 bridgehead atoms. The third-order valence-corrected chi connectivity index (χ3v) is 5.66. The van der Waals surface area contributed by atoms with Gasteiger partial charge >= 0.3 is 11.9 Å². The van der Waals surface area contributed by atoms with Gasteiger partial charge in [-0.3, -0.25) is 4.98 Å². The Morgan fingerprint density at radius 3 is 2.53 bits per heavy atom. The number of benzene rings is 1. The van der Waals surface area contributed by atoms with Crippen LogP contribution in [0.25, 0.3) is 5.78 Å². The standard InChI is InChI=1S/C22H17F5N6O/c1-12-9-32-20(30-33(21(32)34)10-13-4-16(23)7-17(24)5-13)29-19(12)31-3-2-18-14(11-31)6-15(8-28-18)22(25,26)27/h4-9H,2-3,10-11H2,1H3. The number of aromatic nitrogens is 5. The summed E-state index contributed by atoms with van der Waals surface area (Å²) in [6.45, 7) is 2.22. The van der Waals surface area contributed by atoms with Crippen molar-refractivity contribution in [3.63, 3.8) is 0 Å². The molecule has 7 nitrogen and oxygen atoms in total. The average Bonchev–Trinajstić information content (AvgIpc) is 3.05. The Bertz CT molecular complexity index is 1460. The first-order valence-electron chi connectivity index (χ1n) is 10.3. The zero-order valence-electron chi connectivity index (χ0n) is 17.8. The van der Waals surface area contributed by atoms with Crippen LogP contribution >= 0.6 is 0 Å². The predicted molar refractivity (Wildman–Crippen MR) is 111 cm³/mol. The van der Waals surface area contributed by atoms with Crippen molar-refractivity contribution < 1.29 is 22.0 Å². The summed E-state index contributed by atoms with van der Waals surface area (Å²) in [6, 6.07) is 4.05. The summed E-state index contributed by atoms with van der Waals surface area (Å²) in [6.07, 6.45) is -1.68. The fourth-order valence-corrected chi connectivity index (χ4v) is 4.09. The van der Waals surface area contributed by atoms with Gasteiger partial charge in [0, 0.05) is 49.2 Å². The molecule has 1 aromatic carbocycles. The van der Waals surface area contributed by atoms with E-state index in [1.54, 1.807) is 6.92 Å². The van der Waals surface area contributed by atoms with Crippen LogP contribution < -0.4 is 10.6 Å². The monoisotopic (exact) mass is 476 g/mol. The van der Waals surface area contributed by atoms with Crippen LogP contribution in [0.5, 0.6) is 0 Å². The number of halogens is 5. The molecule has 0 N–H and O–H groups in total. The zero-order chi connectivity index (χ0) is 24.2. The molecule has 176 valence electrons. The Morgan fingerprint density at radius 2 is 1.82 bits per heavy atom. The van der Waals surface area contributed by atoms with Gasteiger partial charge in [-0.1, -0.05) is 0 Å². The zero-order valence-corrected chi connectivity index (χ0v) is 17.8. The highest BCUT2D eigenvalue weighted by Crippen LogP contribution is 2.32. The topological polar surface area (TPSA) is 68.3 Å². The van der Waals surface area contributed by atoms with Crippen LogP contribution in [0.2, 0.25) is 0 Å². The summed E-state index contributed by atoms with van der Waals surface area (Å²) in [7, 11) is 0. The Balaban J connectivity index is 1.48. The first kappa shape index (κ1) is 22.0. The molecule has 12 heteroatoms. The normalized spacial score (nSPS) is 14.0. The third-order valence-electron chi connectivity index (χ3n) is 5.66. The molecule has 0 unspecified atom stereocenters. The maximum absolute atomic E-state index is 13.5. The van der Waals surface area contributed by atoms with Crippen LogP contribution in [0.15, 0.2) is 41.5 Å². The average molecular weight is 476 g/mol. The minimum atomic E-state index is -4.49. The first-order chi connectivity index (χ1) is 16.1. The molecule has 4 aromatic rings. The molecule has 5 rings (SSSR count). The lowest BCUT2D eigenvalue weighted by Gasteiger charge is -2.30. The predicted octanol–water partition coefficient (Wildman–Crippen LogP) is 3.50. The van der Waals surface area contributed by atoms with Crippen molar-refractivity contribution >= 4 is 11.6 Å². The second-order valence-electron chi connectivity index (χ2n) is 8.13. The molecular formula is C22H17F5N6O. The summed E-state index contributed by atoms with van der Waals surface area (Å²) in [5, 5.41) is 4.18. The van der Waals surface area contributed by atoms with E-state index < -0.39 is 29.1 Å². The number of anilines is 1. The summed E-state index contributed by atoms with van der Waals surface area (Å²) in [5.41, 5.74) is 0.552. The van der Waals surface area contributed by atoms with Crippen molar-refractivity contribution in [1.82, 2.24) is 24.1 Å². The maximum atomic E-state index is 13.5. The fourth-order valence-electron chi connectivity index (χ4n) is 4.09. The Labute approximate surface area is 189 Å². The highest BCUT2D eigenvalue weighted by Gasteiger charge is 2.32. The van der Waals surface area contributed by atoms with Crippen molar-refractivity contribution in [2.24, 2.45) is 0 Å². The number of fused-ring (bicyclic) bond motifs is 2. The number of nitrogens with zero attached hydrogens (tertiary/aromatic N) is 6. The number of hydrogen-bond donors (Lipinski definition) is 0. The van der Waals surface area contributed by atoms with Crippen LogP contribution in [0, 0.1) is 18.6 Å². The van der Waals surface area contributed by atoms with Gasteiger partial charge in [-0.2, -0.15) is 18.2 Å². The Morgan fingerprint density at radius 1 is 1.09 bits per heavy atom. The molecule has 0 fully saturated rings. The lowest BCUT2D eigenvalue weighted by molar-refractivity contribution is -0.137. The van der Waals surface area contributed by atoms with Crippen molar-refractivity contribution in [2.45, 2.75) is 32.6 Å². The summed E-state index contributed by atoms with van der Waals surface area (Å²) in [4.78, 5) is 23.0. The minimum Gasteiger partial charge on any atom is -0.351 e. The highest BCUT2D eigenvalue weighted by atomic mass is 19.4. The van der Waals surface area contributed by atoms with Gasteiger partial charge in [0.2, 0.25) is 0 Å². The SMILES string of the molecule is Cc1cn2c(=O)n(Cc3cc(F)cc(F)c3)nc2nc1N1CCc2ncc(C(F)(F)F)cc2C1. The van der Waals surface area contributed by atoms with Gasteiger partial charge < -0.3 is 4.90 Å². The van der Waals surface area contributed by atoms with E-state index in [1.807, 2.05) is 4.90 Å². The number of aryl methyl sites for hydroxylation is 1. The maximum Gasteiger partial charge on any atom is 0.417 e.